The Bertz CT molecular complexity index is 679. The standard InChI is InChI=1S/C20H24O6/c21-12-16-17(22)18(25-13-15-9-5-2-6-10-15)19(23)20(24,26-16)11-14-7-3-1-4-8-14/h1-10,16-19,21-24H,11-13H2/t16-,17-,18+,19-,20-/m1/s1. The Morgan fingerprint density at radius 3 is 2.08 bits per heavy atom. The van der Waals surface area contributed by atoms with Crippen LogP contribution in [0.15, 0.2) is 60.7 Å². The largest absolute Gasteiger partial charge is 0.394 e. The van der Waals surface area contributed by atoms with Crippen LogP contribution in [0.2, 0.25) is 0 Å². The van der Waals surface area contributed by atoms with Gasteiger partial charge in [-0.3, -0.25) is 0 Å². The molecule has 4 N–H and O–H groups in total. The van der Waals surface area contributed by atoms with Crippen LogP contribution < -0.4 is 0 Å². The number of ether oxygens (including phenoxy) is 2. The van der Waals surface area contributed by atoms with E-state index in [0.717, 1.165) is 11.1 Å². The Hall–Kier alpha value is -1.80. The van der Waals surface area contributed by atoms with Crippen LogP contribution in [0.5, 0.6) is 0 Å². The Kier molecular flexibility index (Phi) is 6.03. The lowest BCUT2D eigenvalue weighted by Crippen LogP contribution is -2.66. The summed E-state index contributed by atoms with van der Waals surface area (Å²) in [5.74, 6) is -1.98. The maximum atomic E-state index is 10.9. The molecule has 0 spiro atoms. The molecule has 0 radical (unpaired) electrons. The number of aliphatic hydroxyl groups is 4. The van der Waals surface area contributed by atoms with Gasteiger partial charge in [-0.2, -0.15) is 0 Å². The molecule has 1 heterocycles. The van der Waals surface area contributed by atoms with Crippen molar-refractivity contribution in [3.63, 3.8) is 0 Å². The van der Waals surface area contributed by atoms with Crippen LogP contribution >= 0.6 is 0 Å². The Morgan fingerprint density at radius 2 is 1.50 bits per heavy atom. The molecule has 3 rings (SSSR count). The molecule has 0 bridgehead atoms. The Labute approximate surface area is 152 Å². The van der Waals surface area contributed by atoms with Crippen LogP contribution in [0.1, 0.15) is 11.1 Å². The highest BCUT2D eigenvalue weighted by Crippen LogP contribution is 2.33. The van der Waals surface area contributed by atoms with E-state index in [0.29, 0.717) is 0 Å². The van der Waals surface area contributed by atoms with Crippen molar-refractivity contribution in [2.45, 2.75) is 43.2 Å². The van der Waals surface area contributed by atoms with E-state index in [4.69, 9.17) is 9.47 Å². The van der Waals surface area contributed by atoms with Crippen LogP contribution in [0, 0.1) is 0 Å². The Morgan fingerprint density at radius 1 is 0.923 bits per heavy atom. The van der Waals surface area contributed by atoms with Crippen LogP contribution in [0.25, 0.3) is 0 Å². The fraction of sp³-hybridized carbons (Fsp3) is 0.400. The molecule has 0 aliphatic carbocycles. The van der Waals surface area contributed by atoms with E-state index in [2.05, 4.69) is 0 Å². The van der Waals surface area contributed by atoms with Gasteiger partial charge in [0, 0.05) is 6.42 Å². The molecule has 0 unspecified atom stereocenters. The molecule has 1 saturated heterocycles. The van der Waals surface area contributed by atoms with Crippen molar-refractivity contribution in [3.8, 4) is 0 Å². The minimum absolute atomic E-state index is 0.00340. The van der Waals surface area contributed by atoms with Crippen LogP contribution in [-0.2, 0) is 22.5 Å². The van der Waals surface area contributed by atoms with Crippen molar-refractivity contribution < 1.29 is 29.9 Å². The monoisotopic (exact) mass is 360 g/mol. The van der Waals surface area contributed by atoms with Gasteiger partial charge in [0.05, 0.1) is 13.2 Å². The summed E-state index contributed by atoms with van der Waals surface area (Å²) < 4.78 is 11.2. The summed E-state index contributed by atoms with van der Waals surface area (Å²) in [5.41, 5.74) is 1.62. The van der Waals surface area contributed by atoms with E-state index in [1.54, 1.807) is 12.1 Å². The zero-order chi connectivity index (χ0) is 18.6. The van der Waals surface area contributed by atoms with Crippen molar-refractivity contribution in [2.24, 2.45) is 0 Å². The number of hydrogen-bond donors (Lipinski definition) is 4. The van der Waals surface area contributed by atoms with Crippen molar-refractivity contribution in [2.75, 3.05) is 6.61 Å². The first-order valence-electron chi connectivity index (χ1n) is 8.60. The molecule has 0 saturated carbocycles. The smallest absolute Gasteiger partial charge is 0.199 e. The molecular weight excluding hydrogens is 336 g/mol. The van der Waals surface area contributed by atoms with Crippen molar-refractivity contribution in [1.82, 2.24) is 0 Å². The quantitative estimate of drug-likeness (QED) is 0.603. The number of benzene rings is 2. The van der Waals surface area contributed by atoms with Gasteiger partial charge >= 0.3 is 0 Å². The van der Waals surface area contributed by atoms with Crippen LogP contribution in [0.3, 0.4) is 0 Å². The van der Waals surface area contributed by atoms with Gasteiger partial charge in [0.25, 0.3) is 0 Å². The highest BCUT2D eigenvalue weighted by atomic mass is 16.7. The minimum Gasteiger partial charge on any atom is -0.394 e. The van der Waals surface area contributed by atoms with E-state index in [9.17, 15) is 20.4 Å². The second-order valence-electron chi connectivity index (χ2n) is 6.54. The molecule has 5 atom stereocenters. The lowest BCUT2D eigenvalue weighted by atomic mass is 9.88. The molecule has 0 aromatic heterocycles. The molecule has 1 fully saturated rings. The lowest BCUT2D eigenvalue weighted by molar-refractivity contribution is -0.354. The predicted octanol–water partition coefficient (Wildman–Crippen LogP) is 0.616. The summed E-state index contributed by atoms with van der Waals surface area (Å²) in [6, 6.07) is 18.4. The molecule has 140 valence electrons. The molecule has 1 aliphatic heterocycles. The van der Waals surface area contributed by atoms with Gasteiger partial charge in [0.15, 0.2) is 5.79 Å². The summed E-state index contributed by atoms with van der Waals surface area (Å²) in [7, 11) is 0. The second kappa shape index (κ2) is 8.26. The third-order valence-electron chi connectivity index (χ3n) is 4.61. The maximum Gasteiger partial charge on any atom is 0.199 e. The van der Waals surface area contributed by atoms with Crippen molar-refractivity contribution in [1.29, 1.82) is 0 Å². The van der Waals surface area contributed by atoms with Gasteiger partial charge in [-0.15, -0.1) is 0 Å². The van der Waals surface area contributed by atoms with Gasteiger partial charge in [0.1, 0.15) is 24.4 Å². The van der Waals surface area contributed by atoms with E-state index < -0.39 is 36.8 Å². The molecule has 6 heteroatoms. The van der Waals surface area contributed by atoms with Crippen molar-refractivity contribution >= 4 is 0 Å². The predicted molar refractivity (Wildman–Crippen MR) is 94.1 cm³/mol. The van der Waals surface area contributed by atoms with Gasteiger partial charge in [-0.1, -0.05) is 60.7 Å². The summed E-state index contributed by atoms with van der Waals surface area (Å²) >= 11 is 0. The topological polar surface area (TPSA) is 99.4 Å². The molecule has 26 heavy (non-hydrogen) atoms. The number of rotatable bonds is 6. The first-order chi connectivity index (χ1) is 12.5. The third kappa shape index (κ3) is 4.12. The van der Waals surface area contributed by atoms with E-state index in [1.807, 2.05) is 48.5 Å². The normalized spacial score (nSPS) is 31.7. The molecule has 2 aromatic carbocycles. The fourth-order valence-electron chi connectivity index (χ4n) is 3.19. The SMILES string of the molecule is OC[C@H]1O[C@](O)(Cc2ccccc2)[C@H](O)[C@@H](OCc2ccccc2)[C@@H]1O. The van der Waals surface area contributed by atoms with Gasteiger partial charge in [0.2, 0.25) is 0 Å². The molecule has 0 amide bonds. The second-order valence-corrected chi connectivity index (χ2v) is 6.54. The molecule has 2 aromatic rings. The summed E-state index contributed by atoms with van der Waals surface area (Å²) in [6.45, 7) is -0.352. The van der Waals surface area contributed by atoms with Crippen LogP contribution in [0.4, 0.5) is 0 Å². The fourth-order valence-corrected chi connectivity index (χ4v) is 3.19. The number of aliphatic hydroxyl groups excluding tert-OH is 3. The molecule has 1 aliphatic rings. The summed E-state index contributed by atoms with van der Waals surface area (Å²) in [5, 5.41) is 41.5. The first-order valence-corrected chi connectivity index (χ1v) is 8.60. The average molecular weight is 360 g/mol. The average Bonchev–Trinajstić information content (AvgIpc) is 2.66. The van der Waals surface area contributed by atoms with E-state index in [-0.39, 0.29) is 13.0 Å². The summed E-state index contributed by atoms with van der Waals surface area (Å²) in [4.78, 5) is 0. The lowest BCUT2D eigenvalue weighted by Gasteiger charge is -2.47. The van der Waals surface area contributed by atoms with Crippen molar-refractivity contribution in [3.05, 3.63) is 71.8 Å². The zero-order valence-electron chi connectivity index (χ0n) is 14.3. The first kappa shape index (κ1) is 19.0. The Balaban J connectivity index is 1.78. The van der Waals surface area contributed by atoms with E-state index in [1.165, 1.54) is 0 Å². The highest BCUT2D eigenvalue weighted by molar-refractivity contribution is 5.18. The summed E-state index contributed by atoms with van der Waals surface area (Å²) in [6.07, 6.45) is -4.91. The highest BCUT2D eigenvalue weighted by Gasteiger charge is 2.53. The van der Waals surface area contributed by atoms with Gasteiger partial charge in [-0.25, -0.2) is 0 Å². The minimum atomic E-state index is -1.98. The third-order valence-corrected chi connectivity index (χ3v) is 4.61. The number of hydrogen-bond acceptors (Lipinski definition) is 6. The zero-order valence-corrected chi connectivity index (χ0v) is 14.3. The molecular formula is C20H24O6. The van der Waals surface area contributed by atoms with Gasteiger partial charge in [-0.05, 0) is 11.1 Å². The van der Waals surface area contributed by atoms with Gasteiger partial charge < -0.3 is 29.9 Å². The maximum absolute atomic E-state index is 10.9. The molecule has 6 nitrogen and oxygen atoms in total. The van der Waals surface area contributed by atoms with Crippen LogP contribution in [-0.4, -0.2) is 57.2 Å². The van der Waals surface area contributed by atoms with E-state index >= 15 is 0 Å².